The summed E-state index contributed by atoms with van der Waals surface area (Å²) in [5, 5.41) is 10.3. The smallest absolute Gasteiger partial charge is 0.331 e. The Morgan fingerprint density at radius 1 is 1.17 bits per heavy atom. The zero-order valence-electron chi connectivity index (χ0n) is 16.0. The van der Waals surface area contributed by atoms with E-state index in [0.717, 1.165) is 23.8 Å². The number of ether oxygens (including phenoxy) is 1. The van der Waals surface area contributed by atoms with Gasteiger partial charge >= 0.3 is 5.97 Å². The second kappa shape index (κ2) is 9.55. The van der Waals surface area contributed by atoms with E-state index >= 15 is 0 Å². The van der Waals surface area contributed by atoms with Crippen molar-refractivity contribution < 1.29 is 23.1 Å². The lowest BCUT2D eigenvalue weighted by atomic mass is 10.2. The van der Waals surface area contributed by atoms with E-state index in [1.165, 1.54) is 19.1 Å². The zero-order valence-corrected chi connectivity index (χ0v) is 16.0. The summed E-state index contributed by atoms with van der Waals surface area (Å²) in [4.78, 5) is 24.0. The number of nitrogens with one attached hydrogen (secondary N) is 1. The minimum atomic E-state index is -1.15. The highest BCUT2D eigenvalue weighted by molar-refractivity contribution is 5.96. The lowest BCUT2D eigenvalue weighted by Gasteiger charge is -2.12. The van der Waals surface area contributed by atoms with Gasteiger partial charge in [0.25, 0.3) is 5.91 Å². The van der Waals surface area contributed by atoms with Gasteiger partial charge in [0.05, 0.1) is 12.7 Å². The minimum absolute atomic E-state index is 0.0485. The van der Waals surface area contributed by atoms with Crippen molar-refractivity contribution in [3.8, 4) is 0 Å². The zero-order chi connectivity index (χ0) is 21.5. The first-order chi connectivity index (χ1) is 14.4. The Labute approximate surface area is 171 Å². The number of benzene rings is 2. The molecule has 7 nitrogen and oxygen atoms in total. The summed E-state index contributed by atoms with van der Waals surface area (Å²) in [5.41, 5.74) is 1.55. The van der Waals surface area contributed by atoms with E-state index in [-0.39, 0.29) is 5.69 Å². The highest BCUT2D eigenvalue weighted by Gasteiger charge is 2.17. The molecule has 0 saturated carbocycles. The molecule has 0 unspecified atom stereocenters. The molecule has 0 saturated heterocycles. The van der Waals surface area contributed by atoms with Gasteiger partial charge in [0.2, 0.25) is 0 Å². The molecule has 0 aliphatic rings. The van der Waals surface area contributed by atoms with Gasteiger partial charge in [0.1, 0.15) is 5.69 Å². The Kier molecular flexibility index (Phi) is 6.63. The average molecular weight is 412 g/mol. The number of nitrogens with zero attached hydrogens (tertiary/aromatic N) is 3. The molecule has 0 aliphatic carbocycles. The Morgan fingerprint density at radius 2 is 1.93 bits per heavy atom. The third kappa shape index (κ3) is 5.81. The van der Waals surface area contributed by atoms with Crippen molar-refractivity contribution in [1.29, 1.82) is 0 Å². The summed E-state index contributed by atoms with van der Waals surface area (Å²) in [7, 11) is 0. The fraction of sp³-hybridized carbons (Fsp3) is 0.143. The van der Waals surface area contributed by atoms with Crippen LogP contribution in [0.1, 0.15) is 18.2 Å². The molecule has 1 atom stereocenters. The van der Waals surface area contributed by atoms with Crippen molar-refractivity contribution in [3.63, 3.8) is 0 Å². The number of aromatic nitrogens is 3. The van der Waals surface area contributed by atoms with Gasteiger partial charge in [-0.15, -0.1) is 5.10 Å². The summed E-state index contributed by atoms with van der Waals surface area (Å²) in [6, 6.07) is 12.6. The van der Waals surface area contributed by atoms with Crippen LogP contribution in [0, 0.1) is 11.6 Å². The third-order valence-electron chi connectivity index (χ3n) is 3.98. The predicted octanol–water partition coefficient (Wildman–Crippen LogP) is 3.19. The molecule has 30 heavy (non-hydrogen) atoms. The number of esters is 1. The minimum Gasteiger partial charge on any atom is -0.449 e. The highest BCUT2D eigenvalue weighted by Crippen LogP contribution is 2.13. The van der Waals surface area contributed by atoms with Crippen molar-refractivity contribution >= 4 is 23.6 Å². The van der Waals surface area contributed by atoms with Crippen LogP contribution in [0.4, 0.5) is 14.5 Å². The molecule has 2 aromatic carbocycles. The maximum absolute atomic E-state index is 13.2. The van der Waals surface area contributed by atoms with Gasteiger partial charge in [-0.2, -0.15) is 0 Å². The van der Waals surface area contributed by atoms with Crippen molar-refractivity contribution in [2.75, 3.05) is 5.32 Å². The predicted molar refractivity (Wildman–Crippen MR) is 105 cm³/mol. The molecule has 9 heteroatoms. The van der Waals surface area contributed by atoms with E-state index in [0.29, 0.717) is 12.2 Å². The number of halogens is 2. The molecule has 3 rings (SSSR count). The molecule has 0 bridgehead atoms. The molecule has 0 spiro atoms. The van der Waals surface area contributed by atoms with E-state index in [4.69, 9.17) is 4.74 Å². The second-order valence-corrected chi connectivity index (χ2v) is 6.36. The molecule has 0 radical (unpaired) electrons. The van der Waals surface area contributed by atoms with Crippen molar-refractivity contribution in [2.45, 2.75) is 19.6 Å². The quantitative estimate of drug-likeness (QED) is 0.476. The van der Waals surface area contributed by atoms with Gasteiger partial charge in [-0.1, -0.05) is 35.5 Å². The first-order valence-corrected chi connectivity index (χ1v) is 8.99. The van der Waals surface area contributed by atoms with Crippen LogP contribution in [0.25, 0.3) is 6.08 Å². The number of carbonyl (C=O) groups is 2. The first kappa shape index (κ1) is 20.8. The maximum Gasteiger partial charge on any atom is 0.331 e. The van der Waals surface area contributed by atoms with Crippen molar-refractivity contribution in [2.24, 2.45) is 0 Å². The fourth-order valence-electron chi connectivity index (χ4n) is 2.48. The fourth-order valence-corrected chi connectivity index (χ4v) is 2.48. The normalized spacial score (nSPS) is 12.0. The molecule has 3 aromatic rings. The highest BCUT2D eigenvalue weighted by atomic mass is 19.2. The number of carbonyl (C=O) groups excluding carboxylic acids is 2. The van der Waals surface area contributed by atoms with E-state index in [9.17, 15) is 18.4 Å². The van der Waals surface area contributed by atoms with E-state index in [2.05, 4.69) is 15.6 Å². The average Bonchev–Trinajstić information content (AvgIpc) is 3.17. The molecular weight excluding hydrogens is 394 g/mol. The molecule has 1 amide bonds. The molecule has 1 N–H and O–H groups in total. The largest absolute Gasteiger partial charge is 0.449 e. The number of hydrogen-bond acceptors (Lipinski definition) is 5. The van der Waals surface area contributed by atoms with Gasteiger partial charge in [-0.3, -0.25) is 4.79 Å². The molecule has 0 fully saturated rings. The van der Waals surface area contributed by atoms with Gasteiger partial charge in [0.15, 0.2) is 17.7 Å². The Morgan fingerprint density at radius 3 is 2.67 bits per heavy atom. The first-order valence-electron chi connectivity index (χ1n) is 8.99. The lowest BCUT2D eigenvalue weighted by molar-refractivity contribution is -0.148. The maximum atomic E-state index is 13.2. The lowest BCUT2D eigenvalue weighted by Crippen LogP contribution is -2.29. The Hall–Kier alpha value is -3.88. The summed E-state index contributed by atoms with van der Waals surface area (Å²) >= 11 is 0. The third-order valence-corrected chi connectivity index (χ3v) is 3.98. The van der Waals surface area contributed by atoms with Crippen LogP contribution in [-0.2, 0) is 20.9 Å². The number of rotatable bonds is 7. The summed E-state index contributed by atoms with van der Waals surface area (Å²) in [6.45, 7) is 1.89. The van der Waals surface area contributed by atoms with Gasteiger partial charge in [-0.25, -0.2) is 18.3 Å². The van der Waals surface area contributed by atoms with Crippen LogP contribution in [0.15, 0.2) is 60.8 Å². The Balaban J connectivity index is 1.51. The molecule has 1 aromatic heterocycles. The molecular formula is C21H18F2N4O3. The molecule has 0 aliphatic heterocycles. The van der Waals surface area contributed by atoms with Crippen LogP contribution in [-0.4, -0.2) is 33.0 Å². The number of amides is 1. The van der Waals surface area contributed by atoms with Crippen LogP contribution in [0.3, 0.4) is 0 Å². The summed E-state index contributed by atoms with van der Waals surface area (Å²) in [5.74, 6) is -3.57. The van der Waals surface area contributed by atoms with Crippen molar-refractivity contribution in [1.82, 2.24) is 15.0 Å². The van der Waals surface area contributed by atoms with Crippen molar-refractivity contribution in [3.05, 3.63) is 83.7 Å². The van der Waals surface area contributed by atoms with Gasteiger partial charge < -0.3 is 10.1 Å². The van der Waals surface area contributed by atoms with Crippen LogP contribution in [0.5, 0.6) is 0 Å². The SMILES string of the molecule is C[C@H](OC(=O)/C=C/c1cn(Cc2ccccc2)nn1)C(=O)Nc1ccc(F)c(F)c1. The molecule has 154 valence electrons. The summed E-state index contributed by atoms with van der Waals surface area (Å²) < 4.78 is 32.7. The Bertz CT molecular complexity index is 1070. The number of hydrogen-bond donors (Lipinski definition) is 1. The topological polar surface area (TPSA) is 86.1 Å². The molecule has 1 heterocycles. The summed E-state index contributed by atoms with van der Waals surface area (Å²) in [6.07, 6.45) is 3.05. The van der Waals surface area contributed by atoms with Crippen LogP contribution < -0.4 is 5.32 Å². The van der Waals surface area contributed by atoms with E-state index in [1.807, 2.05) is 30.3 Å². The van der Waals surface area contributed by atoms with E-state index in [1.54, 1.807) is 10.9 Å². The van der Waals surface area contributed by atoms with Gasteiger partial charge in [0, 0.05) is 17.8 Å². The number of anilines is 1. The monoisotopic (exact) mass is 412 g/mol. The van der Waals surface area contributed by atoms with Crippen LogP contribution >= 0.6 is 0 Å². The standard InChI is InChI=1S/C21H18F2N4O3/c1-14(21(29)24-16-7-9-18(22)19(23)11-16)30-20(28)10-8-17-13-27(26-25-17)12-15-5-3-2-4-6-15/h2-11,13-14H,12H2,1H3,(H,24,29)/b10-8+/t14-/m0/s1. The van der Waals surface area contributed by atoms with E-state index < -0.39 is 29.6 Å². The second-order valence-electron chi connectivity index (χ2n) is 6.36. The van der Waals surface area contributed by atoms with Crippen LogP contribution in [0.2, 0.25) is 0 Å². The van der Waals surface area contributed by atoms with Gasteiger partial charge in [-0.05, 0) is 30.7 Å².